The summed E-state index contributed by atoms with van der Waals surface area (Å²) in [5.41, 5.74) is 6.54. The lowest BCUT2D eigenvalue weighted by molar-refractivity contribution is 0.0592. The molecule has 1 unspecified atom stereocenters. The van der Waals surface area contributed by atoms with Crippen LogP contribution in [0.15, 0.2) is 0 Å². The maximum atomic E-state index is 11.3. The molecule has 3 N–H and O–H groups in total. The highest BCUT2D eigenvalue weighted by Gasteiger charge is 2.22. The highest BCUT2D eigenvalue weighted by atomic mass is 16.5. The molecule has 0 aromatic carbocycles. The number of hydrogen-bond donors (Lipinski definition) is 2. The molecule has 0 saturated heterocycles. The van der Waals surface area contributed by atoms with Crippen molar-refractivity contribution in [2.24, 2.45) is 11.7 Å². The first-order valence-electron chi connectivity index (χ1n) is 4.80. The highest BCUT2D eigenvalue weighted by molar-refractivity contribution is 5.88. The molecule has 0 radical (unpaired) electrons. The summed E-state index contributed by atoms with van der Waals surface area (Å²) in [6.45, 7) is 4.11. The number of carbonyl (C=O) groups excluding carboxylic acids is 1. The number of hydrogen-bond acceptors (Lipinski definition) is 5. The van der Waals surface area contributed by atoms with Gasteiger partial charge < -0.3 is 10.5 Å². The van der Waals surface area contributed by atoms with Crippen LogP contribution in [0.2, 0.25) is 0 Å². The SMILES string of the molecule is COC(=O)c1n[nH]nc1C(N)CC(C)C. The van der Waals surface area contributed by atoms with Crippen LogP contribution in [-0.4, -0.2) is 28.5 Å². The number of aromatic nitrogens is 3. The van der Waals surface area contributed by atoms with E-state index in [1.54, 1.807) is 0 Å². The molecule has 1 aromatic heterocycles. The molecule has 1 heterocycles. The Morgan fingerprint density at radius 1 is 1.53 bits per heavy atom. The third-order valence-corrected chi connectivity index (χ3v) is 2.03. The van der Waals surface area contributed by atoms with Gasteiger partial charge in [0, 0.05) is 0 Å². The Balaban J connectivity index is 2.84. The fourth-order valence-electron chi connectivity index (χ4n) is 1.36. The molecule has 0 aliphatic heterocycles. The summed E-state index contributed by atoms with van der Waals surface area (Å²) in [7, 11) is 1.30. The summed E-state index contributed by atoms with van der Waals surface area (Å²) in [6, 6.07) is -0.294. The smallest absolute Gasteiger partial charge is 0.360 e. The zero-order chi connectivity index (χ0) is 11.4. The predicted molar refractivity (Wildman–Crippen MR) is 54.1 cm³/mol. The molecule has 6 heteroatoms. The largest absolute Gasteiger partial charge is 0.464 e. The molecule has 6 nitrogen and oxygen atoms in total. The predicted octanol–water partition coefficient (Wildman–Crippen LogP) is 0.637. The Hall–Kier alpha value is -1.43. The Morgan fingerprint density at radius 2 is 2.20 bits per heavy atom. The van der Waals surface area contributed by atoms with Crippen LogP contribution in [0, 0.1) is 5.92 Å². The van der Waals surface area contributed by atoms with E-state index in [9.17, 15) is 4.79 Å². The Labute approximate surface area is 88.2 Å². The minimum atomic E-state index is -0.516. The minimum absolute atomic E-state index is 0.172. The van der Waals surface area contributed by atoms with Crippen molar-refractivity contribution >= 4 is 5.97 Å². The van der Waals surface area contributed by atoms with Crippen LogP contribution in [-0.2, 0) is 4.74 Å². The first-order valence-corrected chi connectivity index (χ1v) is 4.80. The Bertz CT molecular complexity index is 335. The van der Waals surface area contributed by atoms with Crippen molar-refractivity contribution in [2.45, 2.75) is 26.3 Å². The number of esters is 1. The van der Waals surface area contributed by atoms with E-state index in [0.717, 1.165) is 6.42 Å². The molecule has 0 saturated carbocycles. The molecule has 0 bridgehead atoms. The van der Waals surface area contributed by atoms with Gasteiger partial charge >= 0.3 is 5.97 Å². The Morgan fingerprint density at radius 3 is 2.73 bits per heavy atom. The molecule has 1 rings (SSSR count). The standard InChI is InChI=1S/C9H16N4O2/c1-5(2)4-6(10)7-8(9(14)15-3)12-13-11-7/h5-6H,4,10H2,1-3H3,(H,11,12,13). The van der Waals surface area contributed by atoms with Gasteiger partial charge in [0.2, 0.25) is 0 Å². The normalized spacial score (nSPS) is 12.9. The van der Waals surface area contributed by atoms with E-state index in [4.69, 9.17) is 5.73 Å². The molecule has 0 spiro atoms. The molecular weight excluding hydrogens is 196 g/mol. The summed E-state index contributed by atoms with van der Waals surface area (Å²) in [5, 5.41) is 9.99. The number of rotatable bonds is 4. The van der Waals surface area contributed by atoms with Gasteiger partial charge in [-0.25, -0.2) is 4.79 Å². The first kappa shape index (κ1) is 11.6. The summed E-state index contributed by atoms with van der Waals surface area (Å²) >= 11 is 0. The maximum absolute atomic E-state index is 11.3. The van der Waals surface area contributed by atoms with E-state index in [1.165, 1.54) is 7.11 Å². The number of nitrogens with two attached hydrogens (primary N) is 1. The summed E-state index contributed by atoms with van der Waals surface area (Å²) < 4.78 is 4.57. The van der Waals surface area contributed by atoms with Gasteiger partial charge in [0.05, 0.1) is 13.2 Å². The van der Waals surface area contributed by atoms with Gasteiger partial charge in [-0.2, -0.15) is 10.3 Å². The lowest BCUT2D eigenvalue weighted by Crippen LogP contribution is -2.17. The highest BCUT2D eigenvalue weighted by Crippen LogP contribution is 2.19. The summed E-state index contributed by atoms with van der Waals surface area (Å²) in [5.74, 6) is -0.0832. The molecule has 1 aromatic rings. The number of nitrogens with one attached hydrogen (secondary N) is 1. The molecule has 1 atom stereocenters. The lowest BCUT2D eigenvalue weighted by Gasteiger charge is -2.11. The van der Waals surface area contributed by atoms with Gasteiger partial charge in [0.1, 0.15) is 5.69 Å². The van der Waals surface area contributed by atoms with Crippen molar-refractivity contribution in [3.63, 3.8) is 0 Å². The van der Waals surface area contributed by atoms with Gasteiger partial charge in [-0.15, -0.1) is 5.10 Å². The van der Waals surface area contributed by atoms with E-state index in [0.29, 0.717) is 11.6 Å². The average Bonchev–Trinajstić information content (AvgIpc) is 2.63. The first-order chi connectivity index (χ1) is 7.06. The van der Waals surface area contributed by atoms with E-state index < -0.39 is 5.97 Å². The van der Waals surface area contributed by atoms with Crippen LogP contribution in [0.5, 0.6) is 0 Å². The monoisotopic (exact) mass is 212 g/mol. The van der Waals surface area contributed by atoms with Crippen molar-refractivity contribution in [1.29, 1.82) is 0 Å². The fourth-order valence-corrected chi connectivity index (χ4v) is 1.36. The van der Waals surface area contributed by atoms with Crippen LogP contribution in [0.3, 0.4) is 0 Å². The summed E-state index contributed by atoms with van der Waals surface area (Å²) in [6.07, 6.45) is 0.747. The number of aromatic amines is 1. The fraction of sp³-hybridized carbons (Fsp3) is 0.667. The molecule has 0 fully saturated rings. The van der Waals surface area contributed by atoms with E-state index >= 15 is 0 Å². The van der Waals surface area contributed by atoms with Gasteiger partial charge in [0.15, 0.2) is 5.69 Å². The number of H-pyrrole nitrogens is 1. The molecule has 84 valence electrons. The molecule has 15 heavy (non-hydrogen) atoms. The quantitative estimate of drug-likeness (QED) is 0.714. The minimum Gasteiger partial charge on any atom is -0.464 e. The second-order valence-electron chi connectivity index (χ2n) is 3.79. The van der Waals surface area contributed by atoms with Gasteiger partial charge in [-0.1, -0.05) is 13.8 Å². The van der Waals surface area contributed by atoms with Gasteiger partial charge in [-0.05, 0) is 12.3 Å². The van der Waals surface area contributed by atoms with Gasteiger partial charge in [0.25, 0.3) is 0 Å². The average molecular weight is 212 g/mol. The van der Waals surface area contributed by atoms with E-state index in [-0.39, 0.29) is 11.7 Å². The van der Waals surface area contributed by atoms with E-state index in [2.05, 4.69) is 34.0 Å². The number of nitrogens with zero attached hydrogens (tertiary/aromatic N) is 2. The van der Waals surface area contributed by atoms with Crippen LogP contribution >= 0.6 is 0 Å². The second-order valence-corrected chi connectivity index (χ2v) is 3.79. The van der Waals surface area contributed by atoms with Crippen LogP contribution in [0.4, 0.5) is 0 Å². The van der Waals surface area contributed by atoms with Crippen molar-refractivity contribution in [3.8, 4) is 0 Å². The van der Waals surface area contributed by atoms with Crippen molar-refractivity contribution in [1.82, 2.24) is 15.4 Å². The zero-order valence-electron chi connectivity index (χ0n) is 9.15. The van der Waals surface area contributed by atoms with Crippen LogP contribution in [0.25, 0.3) is 0 Å². The maximum Gasteiger partial charge on any atom is 0.360 e. The molecule has 0 aliphatic carbocycles. The molecule has 0 amide bonds. The third kappa shape index (κ3) is 2.76. The van der Waals surface area contributed by atoms with Crippen LogP contribution < -0.4 is 5.73 Å². The van der Waals surface area contributed by atoms with E-state index in [1.807, 2.05) is 0 Å². The third-order valence-electron chi connectivity index (χ3n) is 2.03. The number of carbonyl (C=O) groups is 1. The van der Waals surface area contributed by atoms with Crippen molar-refractivity contribution in [2.75, 3.05) is 7.11 Å². The number of ether oxygens (including phenoxy) is 1. The zero-order valence-corrected chi connectivity index (χ0v) is 9.15. The van der Waals surface area contributed by atoms with Crippen molar-refractivity contribution in [3.05, 3.63) is 11.4 Å². The summed E-state index contributed by atoms with van der Waals surface area (Å²) in [4.78, 5) is 11.3. The lowest BCUT2D eigenvalue weighted by atomic mass is 10.0. The van der Waals surface area contributed by atoms with Crippen molar-refractivity contribution < 1.29 is 9.53 Å². The topological polar surface area (TPSA) is 93.9 Å². The number of methoxy groups -OCH3 is 1. The van der Waals surface area contributed by atoms with Crippen LogP contribution in [0.1, 0.15) is 42.5 Å². The second kappa shape index (κ2) is 4.88. The Kier molecular flexibility index (Phi) is 3.79. The molecular formula is C9H16N4O2. The molecule has 0 aliphatic rings. The van der Waals surface area contributed by atoms with Gasteiger partial charge in [-0.3, -0.25) is 0 Å².